The first-order valence-corrected chi connectivity index (χ1v) is 8.90. The van der Waals surface area contributed by atoms with E-state index in [2.05, 4.69) is 25.8 Å². The molecule has 0 bridgehead atoms. The molecule has 2 amide bonds. The summed E-state index contributed by atoms with van der Waals surface area (Å²) in [6.45, 7) is 1.90. The molecule has 0 aliphatic carbocycles. The van der Waals surface area contributed by atoms with Gasteiger partial charge in [-0.2, -0.15) is 5.10 Å². The summed E-state index contributed by atoms with van der Waals surface area (Å²) in [7, 11) is -1.18. The van der Waals surface area contributed by atoms with Crippen LogP contribution in [0, 0.1) is 0 Å². The fourth-order valence-corrected chi connectivity index (χ4v) is 2.99. The van der Waals surface area contributed by atoms with Gasteiger partial charge >= 0.3 is 6.03 Å². The zero-order valence-electron chi connectivity index (χ0n) is 13.2. The highest BCUT2D eigenvalue weighted by atomic mass is 32.2. The summed E-state index contributed by atoms with van der Waals surface area (Å²) in [4.78, 5) is 16.3. The minimum Gasteiger partial charge on any atom is -0.331 e. The molecule has 2 atom stereocenters. The molecular formula is C16H17N5O2S. The van der Waals surface area contributed by atoms with E-state index in [1.54, 1.807) is 18.5 Å². The number of nitrogens with zero attached hydrogens (tertiary/aromatic N) is 2. The molecule has 0 saturated heterocycles. The number of pyridine rings is 1. The van der Waals surface area contributed by atoms with Crippen LogP contribution in [-0.2, 0) is 10.8 Å². The number of hydrogen-bond donors (Lipinski definition) is 3. The SMILES string of the molecule is C[C@@H](NC(=O)Nc1cc2n[nH]c(S(C)=O)c2cn1)c1ccccc1. The van der Waals surface area contributed by atoms with Crippen LogP contribution in [0.5, 0.6) is 0 Å². The van der Waals surface area contributed by atoms with Gasteiger partial charge in [-0.3, -0.25) is 14.6 Å². The average Bonchev–Trinajstić information content (AvgIpc) is 2.99. The number of nitrogens with one attached hydrogen (secondary N) is 3. The Hall–Kier alpha value is -2.74. The Kier molecular flexibility index (Phi) is 4.57. The second-order valence-corrected chi connectivity index (χ2v) is 6.64. The van der Waals surface area contributed by atoms with Gasteiger partial charge in [0, 0.05) is 18.5 Å². The molecule has 2 aromatic heterocycles. The molecule has 3 N–H and O–H groups in total. The number of aromatic nitrogens is 3. The molecule has 3 rings (SSSR count). The van der Waals surface area contributed by atoms with Gasteiger partial charge in [0.15, 0.2) is 0 Å². The van der Waals surface area contributed by atoms with E-state index in [0.717, 1.165) is 5.56 Å². The van der Waals surface area contributed by atoms with Crippen LogP contribution in [0.4, 0.5) is 10.6 Å². The van der Waals surface area contributed by atoms with E-state index in [-0.39, 0.29) is 12.1 Å². The normalized spacial score (nSPS) is 13.4. The van der Waals surface area contributed by atoms with Gasteiger partial charge < -0.3 is 5.32 Å². The maximum absolute atomic E-state index is 12.1. The summed E-state index contributed by atoms with van der Waals surface area (Å²) in [5.41, 5.74) is 1.61. The quantitative estimate of drug-likeness (QED) is 0.678. The van der Waals surface area contributed by atoms with Gasteiger partial charge in [-0.15, -0.1) is 0 Å². The predicted molar refractivity (Wildman–Crippen MR) is 93.2 cm³/mol. The molecule has 0 saturated carbocycles. The molecule has 8 heteroatoms. The van der Waals surface area contributed by atoms with Crippen LogP contribution in [0.25, 0.3) is 10.9 Å². The van der Waals surface area contributed by atoms with E-state index in [0.29, 0.717) is 21.7 Å². The first kappa shape index (κ1) is 16.1. The average molecular weight is 343 g/mol. The second kappa shape index (κ2) is 6.79. The smallest absolute Gasteiger partial charge is 0.320 e. The van der Waals surface area contributed by atoms with Crippen molar-refractivity contribution in [3.05, 3.63) is 48.2 Å². The van der Waals surface area contributed by atoms with Crippen molar-refractivity contribution in [1.29, 1.82) is 0 Å². The highest BCUT2D eigenvalue weighted by Gasteiger charge is 2.12. The third-order valence-electron chi connectivity index (χ3n) is 3.58. The van der Waals surface area contributed by atoms with Crippen LogP contribution >= 0.6 is 0 Å². The van der Waals surface area contributed by atoms with Gasteiger partial charge in [0.05, 0.1) is 27.7 Å². The summed E-state index contributed by atoms with van der Waals surface area (Å²) >= 11 is 0. The maximum atomic E-state index is 12.1. The third kappa shape index (κ3) is 3.43. The molecule has 1 unspecified atom stereocenters. The van der Waals surface area contributed by atoms with Crippen LogP contribution < -0.4 is 10.6 Å². The van der Waals surface area contributed by atoms with Gasteiger partial charge in [0.2, 0.25) is 0 Å². The molecule has 3 aromatic rings. The van der Waals surface area contributed by atoms with Crippen molar-refractivity contribution in [3.8, 4) is 0 Å². The number of carbonyl (C=O) groups excluding carboxylic acids is 1. The standard InChI is InChI=1S/C16H17N5O2S/c1-10(11-6-4-3-5-7-11)18-16(22)19-14-8-13-12(9-17-14)15(21-20-13)24(2)23/h3-10H,1-2H3,(H,20,21)(H2,17,18,19,22)/t10-,24?/m1/s1. The Morgan fingerprint density at radius 1 is 1.29 bits per heavy atom. The van der Waals surface area contributed by atoms with E-state index in [1.165, 1.54) is 0 Å². The number of anilines is 1. The topological polar surface area (TPSA) is 99.8 Å². The summed E-state index contributed by atoms with van der Waals surface area (Å²) in [6.07, 6.45) is 3.11. The minimum atomic E-state index is -1.18. The number of aromatic amines is 1. The van der Waals surface area contributed by atoms with Crippen LogP contribution in [0.2, 0.25) is 0 Å². The van der Waals surface area contributed by atoms with Crippen molar-refractivity contribution >= 4 is 33.6 Å². The predicted octanol–water partition coefficient (Wildman–Crippen LogP) is 2.58. The van der Waals surface area contributed by atoms with E-state index >= 15 is 0 Å². The van der Waals surface area contributed by atoms with Gasteiger partial charge in [-0.05, 0) is 12.5 Å². The number of amides is 2. The third-order valence-corrected chi connectivity index (χ3v) is 4.47. The fourth-order valence-electron chi connectivity index (χ4n) is 2.34. The number of fused-ring (bicyclic) bond motifs is 1. The Morgan fingerprint density at radius 2 is 2.04 bits per heavy atom. The van der Waals surface area contributed by atoms with Crippen molar-refractivity contribution < 1.29 is 9.00 Å². The van der Waals surface area contributed by atoms with Crippen LogP contribution in [0.15, 0.2) is 47.6 Å². The first-order chi connectivity index (χ1) is 11.5. The summed E-state index contributed by atoms with van der Waals surface area (Å²) in [5, 5.41) is 13.5. The summed E-state index contributed by atoms with van der Waals surface area (Å²) in [6, 6.07) is 10.8. The van der Waals surface area contributed by atoms with E-state index < -0.39 is 10.8 Å². The largest absolute Gasteiger partial charge is 0.331 e. The lowest BCUT2D eigenvalue weighted by Gasteiger charge is -2.14. The highest BCUT2D eigenvalue weighted by Crippen LogP contribution is 2.20. The van der Waals surface area contributed by atoms with E-state index in [1.807, 2.05) is 37.3 Å². The van der Waals surface area contributed by atoms with Crippen molar-refractivity contribution in [2.24, 2.45) is 0 Å². The van der Waals surface area contributed by atoms with Crippen LogP contribution in [0.1, 0.15) is 18.5 Å². The lowest BCUT2D eigenvalue weighted by atomic mass is 10.1. The van der Waals surface area contributed by atoms with Gasteiger partial charge in [-0.1, -0.05) is 30.3 Å². The molecule has 0 radical (unpaired) electrons. The number of carbonyl (C=O) groups is 1. The maximum Gasteiger partial charge on any atom is 0.320 e. The van der Waals surface area contributed by atoms with Gasteiger partial charge in [0.25, 0.3) is 0 Å². The van der Waals surface area contributed by atoms with Gasteiger partial charge in [0.1, 0.15) is 10.8 Å². The molecule has 124 valence electrons. The van der Waals surface area contributed by atoms with Crippen molar-refractivity contribution in [3.63, 3.8) is 0 Å². The Bertz CT molecular complexity index is 894. The molecule has 2 heterocycles. The lowest BCUT2D eigenvalue weighted by Crippen LogP contribution is -2.31. The number of urea groups is 1. The molecule has 0 spiro atoms. The Labute approximate surface area is 141 Å². The number of rotatable bonds is 4. The summed E-state index contributed by atoms with van der Waals surface area (Å²) < 4.78 is 11.6. The molecule has 7 nitrogen and oxygen atoms in total. The number of H-pyrrole nitrogens is 1. The lowest BCUT2D eigenvalue weighted by molar-refractivity contribution is 0.249. The minimum absolute atomic E-state index is 0.130. The van der Waals surface area contributed by atoms with Gasteiger partial charge in [-0.25, -0.2) is 9.78 Å². The Morgan fingerprint density at radius 3 is 2.75 bits per heavy atom. The molecule has 0 fully saturated rings. The summed E-state index contributed by atoms with van der Waals surface area (Å²) in [5.74, 6) is 0.375. The first-order valence-electron chi connectivity index (χ1n) is 7.34. The number of hydrogen-bond acceptors (Lipinski definition) is 4. The van der Waals surface area contributed by atoms with Crippen molar-refractivity contribution in [2.75, 3.05) is 11.6 Å². The van der Waals surface area contributed by atoms with E-state index in [9.17, 15) is 9.00 Å². The molecule has 0 aliphatic heterocycles. The van der Waals surface area contributed by atoms with E-state index in [4.69, 9.17) is 0 Å². The molecule has 1 aromatic carbocycles. The zero-order valence-corrected chi connectivity index (χ0v) is 14.1. The highest BCUT2D eigenvalue weighted by molar-refractivity contribution is 7.84. The monoisotopic (exact) mass is 343 g/mol. The molecular weight excluding hydrogens is 326 g/mol. The van der Waals surface area contributed by atoms with Crippen LogP contribution in [-0.4, -0.2) is 31.7 Å². The molecule has 24 heavy (non-hydrogen) atoms. The van der Waals surface area contributed by atoms with Crippen molar-refractivity contribution in [1.82, 2.24) is 20.5 Å². The van der Waals surface area contributed by atoms with Crippen molar-refractivity contribution in [2.45, 2.75) is 18.0 Å². The number of benzene rings is 1. The Balaban J connectivity index is 1.70. The fraction of sp³-hybridized carbons (Fsp3) is 0.188. The molecule has 0 aliphatic rings. The van der Waals surface area contributed by atoms with Crippen LogP contribution in [0.3, 0.4) is 0 Å². The second-order valence-electron chi connectivity index (χ2n) is 5.32. The zero-order chi connectivity index (χ0) is 17.1.